The molecule has 2 rings (SSSR count). The highest BCUT2D eigenvalue weighted by Crippen LogP contribution is 2.26. The van der Waals surface area contributed by atoms with Gasteiger partial charge in [0.05, 0.1) is 10.7 Å². The number of nitrogens with zero attached hydrogens (tertiary/aromatic N) is 1. The van der Waals surface area contributed by atoms with Gasteiger partial charge in [-0.05, 0) is 18.2 Å². The molecular weight excluding hydrogens is 336 g/mol. The van der Waals surface area contributed by atoms with Crippen molar-refractivity contribution in [3.63, 3.8) is 0 Å². The van der Waals surface area contributed by atoms with Crippen LogP contribution in [0.3, 0.4) is 0 Å². The van der Waals surface area contributed by atoms with Gasteiger partial charge < -0.3 is 14.6 Å². The fraction of sp³-hybridized carbons (Fsp3) is 0.167. The molecule has 0 atom stereocenters. The van der Waals surface area contributed by atoms with Gasteiger partial charge in [-0.25, -0.2) is 0 Å². The third kappa shape index (κ3) is 3.56. The van der Waals surface area contributed by atoms with Crippen molar-refractivity contribution in [1.29, 1.82) is 0 Å². The average Bonchev–Trinajstić information content (AvgIpc) is 2.83. The molecule has 0 radical (unpaired) electrons. The molecule has 0 aliphatic heterocycles. The highest BCUT2D eigenvalue weighted by Gasteiger charge is 2.14. The number of aromatic nitrogens is 1. The Morgan fingerprint density at radius 3 is 3.05 bits per heavy atom. The number of rotatable bonds is 4. The lowest BCUT2D eigenvalue weighted by Gasteiger charge is -2.05. The second-order valence-electron chi connectivity index (χ2n) is 3.69. The lowest BCUT2D eigenvalue weighted by molar-refractivity contribution is 0.101. The number of methoxy groups -OCH3 is 1. The Morgan fingerprint density at radius 2 is 2.32 bits per heavy atom. The van der Waals surface area contributed by atoms with Gasteiger partial charge in [-0.3, -0.25) is 4.79 Å². The van der Waals surface area contributed by atoms with Crippen LogP contribution in [0.4, 0.5) is 5.69 Å². The third-order valence-electron chi connectivity index (χ3n) is 2.25. The van der Waals surface area contributed by atoms with E-state index >= 15 is 0 Å². The molecule has 1 aromatic carbocycles. The first-order valence-corrected chi connectivity index (χ1v) is 6.48. The molecule has 0 bridgehead atoms. The predicted molar refractivity (Wildman–Crippen MR) is 74.3 cm³/mol. The van der Waals surface area contributed by atoms with E-state index in [0.29, 0.717) is 16.5 Å². The van der Waals surface area contributed by atoms with Crippen molar-refractivity contribution in [3.8, 4) is 0 Å². The summed E-state index contributed by atoms with van der Waals surface area (Å²) in [5.74, 6) is 0.0825. The van der Waals surface area contributed by atoms with Gasteiger partial charge in [0.25, 0.3) is 5.91 Å². The van der Waals surface area contributed by atoms with E-state index in [-0.39, 0.29) is 12.3 Å². The van der Waals surface area contributed by atoms with Crippen molar-refractivity contribution < 1.29 is 14.1 Å². The number of halogens is 2. The van der Waals surface area contributed by atoms with Crippen LogP contribution in [-0.4, -0.2) is 18.2 Å². The molecule has 0 saturated carbocycles. The monoisotopic (exact) mass is 344 g/mol. The number of benzene rings is 1. The van der Waals surface area contributed by atoms with Crippen LogP contribution in [-0.2, 0) is 11.3 Å². The maximum Gasteiger partial charge on any atom is 0.277 e. The molecule has 19 heavy (non-hydrogen) atoms. The first kappa shape index (κ1) is 14.0. The zero-order valence-electron chi connectivity index (χ0n) is 9.94. The number of anilines is 1. The number of amides is 1. The number of ether oxygens (including phenoxy) is 1. The summed E-state index contributed by atoms with van der Waals surface area (Å²) in [5, 5.41) is 6.76. The fourth-order valence-corrected chi connectivity index (χ4v) is 1.94. The third-order valence-corrected chi connectivity index (χ3v) is 3.08. The van der Waals surface area contributed by atoms with Crippen LogP contribution in [0.25, 0.3) is 0 Å². The number of hydrogen-bond donors (Lipinski definition) is 1. The molecule has 1 aromatic heterocycles. The van der Waals surface area contributed by atoms with E-state index in [9.17, 15) is 4.79 Å². The van der Waals surface area contributed by atoms with Crippen LogP contribution >= 0.6 is 27.5 Å². The lowest BCUT2D eigenvalue weighted by atomic mass is 10.3. The molecule has 0 aliphatic carbocycles. The van der Waals surface area contributed by atoms with Crippen molar-refractivity contribution in [2.75, 3.05) is 12.4 Å². The van der Waals surface area contributed by atoms with Crippen molar-refractivity contribution in [3.05, 3.63) is 45.2 Å². The molecule has 2 aromatic rings. The molecule has 0 unspecified atom stereocenters. The molecule has 0 saturated heterocycles. The molecule has 5 nitrogen and oxygen atoms in total. The molecular formula is C12H10BrClN2O3. The van der Waals surface area contributed by atoms with E-state index in [4.69, 9.17) is 20.9 Å². The van der Waals surface area contributed by atoms with E-state index in [1.807, 2.05) is 0 Å². The van der Waals surface area contributed by atoms with Crippen molar-refractivity contribution >= 4 is 39.1 Å². The first-order valence-electron chi connectivity index (χ1n) is 5.31. The minimum absolute atomic E-state index is 0.170. The van der Waals surface area contributed by atoms with Gasteiger partial charge in [0.15, 0.2) is 11.5 Å². The van der Waals surface area contributed by atoms with E-state index in [1.165, 1.54) is 13.2 Å². The van der Waals surface area contributed by atoms with Crippen LogP contribution in [0.5, 0.6) is 0 Å². The Labute approximate surface area is 123 Å². The van der Waals surface area contributed by atoms with E-state index in [1.54, 1.807) is 18.2 Å². The summed E-state index contributed by atoms with van der Waals surface area (Å²) in [6, 6.07) is 6.69. The molecule has 1 amide bonds. The summed E-state index contributed by atoms with van der Waals surface area (Å²) in [6.45, 7) is 0.262. The van der Waals surface area contributed by atoms with Crippen molar-refractivity contribution in [1.82, 2.24) is 5.16 Å². The van der Waals surface area contributed by atoms with Crippen molar-refractivity contribution in [2.24, 2.45) is 0 Å². The van der Waals surface area contributed by atoms with Gasteiger partial charge in [0.2, 0.25) is 0 Å². The molecule has 7 heteroatoms. The maximum atomic E-state index is 11.9. The van der Waals surface area contributed by atoms with E-state index in [0.717, 1.165) is 4.47 Å². The summed E-state index contributed by atoms with van der Waals surface area (Å²) in [7, 11) is 1.53. The van der Waals surface area contributed by atoms with E-state index < -0.39 is 5.91 Å². The Kier molecular flexibility index (Phi) is 4.57. The van der Waals surface area contributed by atoms with Crippen LogP contribution in [0.2, 0.25) is 5.02 Å². The Bertz CT molecular complexity index is 600. The molecule has 1 N–H and O–H groups in total. The SMILES string of the molecule is COCc1cc(C(=O)Nc2cc(Br)ccc2Cl)no1. The Balaban J connectivity index is 2.13. The zero-order chi connectivity index (χ0) is 13.8. The number of carbonyl (C=O) groups is 1. The number of hydrogen-bond acceptors (Lipinski definition) is 4. The largest absolute Gasteiger partial charge is 0.377 e. The minimum Gasteiger partial charge on any atom is -0.377 e. The lowest BCUT2D eigenvalue weighted by Crippen LogP contribution is -2.12. The van der Waals surface area contributed by atoms with Gasteiger partial charge in [-0.15, -0.1) is 0 Å². The summed E-state index contributed by atoms with van der Waals surface area (Å²) < 4.78 is 10.6. The van der Waals surface area contributed by atoms with Gasteiger partial charge in [0, 0.05) is 17.6 Å². The predicted octanol–water partition coefficient (Wildman–Crippen LogP) is 3.49. The molecule has 0 fully saturated rings. The second kappa shape index (κ2) is 6.18. The number of carbonyl (C=O) groups excluding carboxylic acids is 1. The topological polar surface area (TPSA) is 64.4 Å². The van der Waals surface area contributed by atoms with E-state index in [2.05, 4.69) is 26.4 Å². The summed E-state index contributed by atoms with van der Waals surface area (Å²) >= 11 is 9.29. The fourth-order valence-electron chi connectivity index (χ4n) is 1.41. The zero-order valence-corrected chi connectivity index (χ0v) is 12.3. The van der Waals surface area contributed by atoms with Crippen molar-refractivity contribution in [2.45, 2.75) is 6.61 Å². The summed E-state index contributed by atoms with van der Waals surface area (Å²) in [4.78, 5) is 11.9. The number of nitrogens with one attached hydrogen (secondary N) is 1. The Morgan fingerprint density at radius 1 is 1.53 bits per heavy atom. The normalized spacial score (nSPS) is 10.5. The van der Waals surface area contributed by atoms with Gasteiger partial charge in [0.1, 0.15) is 6.61 Å². The quantitative estimate of drug-likeness (QED) is 0.921. The van der Waals surface area contributed by atoms with Crippen LogP contribution in [0, 0.1) is 0 Å². The summed E-state index contributed by atoms with van der Waals surface area (Å²) in [5.41, 5.74) is 0.667. The molecule has 0 aliphatic rings. The molecule has 1 heterocycles. The van der Waals surface area contributed by atoms with Gasteiger partial charge in [-0.2, -0.15) is 0 Å². The molecule has 0 spiro atoms. The smallest absolute Gasteiger partial charge is 0.277 e. The summed E-state index contributed by atoms with van der Waals surface area (Å²) in [6.07, 6.45) is 0. The highest BCUT2D eigenvalue weighted by molar-refractivity contribution is 9.10. The van der Waals surface area contributed by atoms with Gasteiger partial charge >= 0.3 is 0 Å². The molecule has 100 valence electrons. The first-order chi connectivity index (χ1) is 9.10. The second-order valence-corrected chi connectivity index (χ2v) is 5.01. The highest BCUT2D eigenvalue weighted by atomic mass is 79.9. The average molecular weight is 346 g/mol. The Hall–Kier alpha value is -1.37. The van der Waals surface area contributed by atoms with Crippen LogP contribution in [0.15, 0.2) is 33.3 Å². The van der Waals surface area contributed by atoms with Gasteiger partial charge in [-0.1, -0.05) is 32.7 Å². The maximum absolute atomic E-state index is 11.9. The van der Waals surface area contributed by atoms with Crippen LogP contribution in [0.1, 0.15) is 16.2 Å². The standard InChI is InChI=1S/C12H10BrClN2O3/c1-18-6-8-5-11(16-19-8)12(17)15-10-4-7(13)2-3-9(10)14/h2-5H,6H2,1H3,(H,15,17). The van der Waals surface area contributed by atoms with Crippen LogP contribution < -0.4 is 5.32 Å². The minimum atomic E-state index is -0.397.